The zero-order chi connectivity index (χ0) is 14.8. The number of aromatic nitrogens is 1. The predicted molar refractivity (Wildman–Crippen MR) is 95.4 cm³/mol. The molecule has 4 rings (SSSR count). The zero-order valence-corrected chi connectivity index (χ0v) is 13.8. The summed E-state index contributed by atoms with van der Waals surface area (Å²) in [6.07, 6.45) is 2.25. The van der Waals surface area contributed by atoms with E-state index in [1.807, 2.05) is 35.7 Å². The minimum absolute atomic E-state index is 0.0355. The number of hydrogen-bond donors (Lipinski definition) is 0. The molecule has 0 N–H and O–H groups in total. The van der Waals surface area contributed by atoms with Crippen molar-refractivity contribution in [3.05, 3.63) is 65.9 Å². The van der Waals surface area contributed by atoms with E-state index in [4.69, 9.17) is 4.52 Å². The summed E-state index contributed by atoms with van der Waals surface area (Å²) >= 11 is 4.04. The zero-order valence-electron chi connectivity index (χ0n) is 12.2. The van der Waals surface area contributed by atoms with Crippen LogP contribution in [0, 0.1) is 0 Å². The number of para-hydroxylation sites is 1. The van der Waals surface area contributed by atoms with Gasteiger partial charge in [0.05, 0.1) is 0 Å². The Balaban J connectivity index is 1.80. The van der Waals surface area contributed by atoms with E-state index in [2.05, 4.69) is 47.6 Å². The van der Waals surface area contributed by atoms with Crippen LogP contribution < -0.4 is 0 Å². The highest BCUT2D eigenvalue weighted by molar-refractivity contribution is 8.18. The van der Waals surface area contributed by atoms with Crippen molar-refractivity contribution >= 4 is 34.5 Å². The molecule has 0 radical (unpaired) electrons. The number of nitrogens with zero attached hydrogens (tertiary/aromatic N) is 1. The Labute approximate surface area is 138 Å². The third kappa shape index (κ3) is 2.55. The Morgan fingerprint density at radius 1 is 0.955 bits per heavy atom. The third-order valence-electron chi connectivity index (χ3n) is 3.98. The SMILES string of the molecule is c1ccc(CC2(c3noc4ccccc34)SCCCS2)cc1. The van der Waals surface area contributed by atoms with E-state index in [0.717, 1.165) is 23.1 Å². The molecule has 1 fully saturated rings. The van der Waals surface area contributed by atoms with Crippen LogP contribution in [0.3, 0.4) is 0 Å². The first-order valence-corrected chi connectivity index (χ1v) is 9.51. The molecule has 2 heterocycles. The summed E-state index contributed by atoms with van der Waals surface area (Å²) in [6.45, 7) is 0. The van der Waals surface area contributed by atoms with Crippen molar-refractivity contribution in [2.45, 2.75) is 16.9 Å². The molecule has 0 atom stereocenters. The molecule has 0 amide bonds. The number of fused-ring (bicyclic) bond motifs is 1. The molecule has 2 nitrogen and oxygen atoms in total. The predicted octanol–water partition coefficient (Wildman–Crippen LogP) is 5.09. The van der Waals surface area contributed by atoms with Crippen molar-refractivity contribution in [3.8, 4) is 0 Å². The van der Waals surface area contributed by atoms with Gasteiger partial charge in [0.1, 0.15) is 9.77 Å². The van der Waals surface area contributed by atoms with E-state index in [9.17, 15) is 0 Å². The van der Waals surface area contributed by atoms with E-state index >= 15 is 0 Å². The van der Waals surface area contributed by atoms with Crippen LogP contribution in [0.25, 0.3) is 11.0 Å². The number of thioether (sulfide) groups is 2. The average Bonchev–Trinajstić information content (AvgIpc) is 3.01. The molecule has 3 aromatic rings. The first-order chi connectivity index (χ1) is 10.9. The molecular formula is C18H17NOS2. The summed E-state index contributed by atoms with van der Waals surface area (Å²) in [4.78, 5) is 0. The third-order valence-corrected chi connectivity index (χ3v) is 7.28. The van der Waals surface area contributed by atoms with Crippen molar-refractivity contribution in [2.24, 2.45) is 0 Å². The Morgan fingerprint density at radius 2 is 1.68 bits per heavy atom. The van der Waals surface area contributed by atoms with Crippen LogP contribution in [-0.2, 0) is 10.5 Å². The second-order valence-electron chi connectivity index (χ2n) is 5.49. The lowest BCUT2D eigenvalue weighted by atomic mass is 10.0. The molecule has 2 aromatic carbocycles. The van der Waals surface area contributed by atoms with Crippen LogP contribution >= 0.6 is 23.5 Å². The van der Waals surface area contributed by atoms with Gasteiger partial charge in [-0.2, -0.15) is 0 Å². The van der Waals surface area contributed by atoms with Crippen LogP contribution in [-0.4, -0.2) is 16.7 Å². The van der Waals surface area contributed by atoms with Crippen molar-refractivity contribution in [2.75, 3.05) is 11.5 Å². The number of rotatable bonds is 3. The molecule has 1 aliphatic rings. The highest BCUT2D eigenvalue weighted by atomic mass is 32.2. The first-order valence-electron chi connectivity index (χ1n) is 7.54. The summed E-state index contributed by atoms with van der Waals surface area (Å²) in [5.41, 5.74) is 3.34. The van der Waals surface area contributed by atoms with Gasteiger partial charge in [-0.25, -0.2) is 0 Å². The highest BCUT2D eigenvalue weighted by Crippen LogP contribution is 2.53. The second-order valence-corrected chi connectivity index (χ2v) is 8.54. The van der Waals surface area contributed by atoms with Gasteiger partial charge < -0.3 is 4.52 Å². The lowest BCUT2D eigenvalue weighted by Gasteiger charge is -2.34. The lowest BCUT2D eigenvalue weighted by Crippen LogP contribution is -2.26. The topological polar surface area (TPSA) is 26.0 Å². The maximum absolute atomic E-state index is 5.59. The van der Waals surface area contributed by atoms with E-state index in [-0.39, 0.29) is 4.08 Å². The van der Waals surface area contributed by atoms with Gasteiger partial charge >= 0.3 is 0 Å². The van der Waals surface area contributed by atoms with E-state index in [0.29, 0.717) is 0 Å². The Bertz CT molecular complexity index is 763. The van der Waals surface area contributed by atoms with Crippen LogP contribution in [0.15, 0.2) is 59.1 Å². The van der Waals surface area contributed by atoms with Crippen molar-refractivity contribution in [3.63, 3.8) is 0 Å². The van der Waals surface area contributed by atoms with E-state index < -0.39 is 0 Å². The van der Waals surface area contributed by atoms with Gasteiger partial charge in [0.25, 0.3) is 0 Å². The molecule has 1 aromatic heterocycles. The number of hydrogen-bond acceptors (Lipinski definition) is 4. The molecule has 0 bridgehead atoms. The molecule has 0 spiro atoms. The Kier molecular flexibility index (Phi) is 3.89. The largest absolute Gasteiger partial charge is 0.356 e. The van der Waals surface area contributed by atoms with Crippen LogP contribution in [0.1, 0.15) is 17.7 Å². The summed E-state index contributed by atoms with van der Waals surface area (Å²) in [6, 6.07) is 18.9. The maximum atomic E-state index is 5.59. The summed E-state index contributed by atoms with van der Waals surface area (Å²) in [5.74, 6) is 2.36. The van der Waals surface area contributed by atoms with Crippen LogP contribution in [0.4, 0.5) is 0 Å². The summed E-state index contributed by atoms with van der Waals surface area (Å²) < 4.78 is 5.55. The second kappa shape index (κ2) is 6.01. The van der Waals surface area contributed by atoms with Crippen molar-refractivity contribution < 1.29 is 4.52 Å². The van der Waals surface area contributed by atoms with Gasteiger partial charge in [0.15, 0.2) is 5.58 Å². The minimum atomic E-state index is -0.0355. The first kappa shape index (κ1) is 14.2. The summed E-state index contributed by atoms with van der Waals surface area (Å²) in [7, 11) is 0. The van der Waals surface area contributed by atoms with E-state index in [1.54, 1.807) is 0 Å². The standard InChI is InChI=1S/C18H17NOS2/c1-2-7-14(8-3-1)13-18(21-11-6-12-22-18)17-15-9-4-5-10-16(15)20-19-17/h1-5,7-10H,6,11-13H2. The Hall–Kier alpha value is -1.39. The van der Waals surface area contributed by atoms with Gasteiger partial charge in [0, 0.05) is 11.8 Å². The summed E-state index contributed by atoms with van der Waals surface area (Å²) in [5, 5.41) is 5.62. The lowest BCUT2D eigenvalue weighted by molar-refractivity contribution is 0.442. The quantitative estimate of drug-likeness (QED) is 0.669. The van der Waals surface area contributed by atoms with E-state index in [1.165, 1.54) is 23.5 Å². The molecule has 0 saturated carbocycles. The van der Waals surface area contributed by atoms with Gasteiger partial charge in [-0.3, -0.25) is 0 Å². The normalized spacial score (nSPS) is 17.6. The molecule has 4 heteroatoms. The van der Waals surface area contributed by atoms with Gasteiger partial charge in [0.2, 0.25) is 0 Å². The molecule has 0 unspecified atom stereocenters. The monoisotopic (exact) mass is 327 g/mol. The van der Waals surface area contributed by atoms with Crippen LogP contribution in [0.5, 0.6) is 0 Å². The molecule has 0 aliphatic carbocycles. The molecule has 1 aliphatic heterocycles. The number of benzene rings is 2. The fourth-order valence-electron chi connectivity index (χ4n) is 2.92. The molecule has 112 valence electrons. The smallest absolute Gasteiger partial charge is 0.167 e. The van der Waals surface area contributed by atoms with Gasteiger partial charge in [-0.1, -0.05) is 47.6 Å². The molecular weight excluding hydrogens is 310 g/mol. The van der Waals surface area contributed by atoms with Crippen LogP contribution in [0.2, 0.25) is 0 Å². The van der Waals surface area contributed by atoms with Crippen molar-refractivity contribution in [1.29, 1.82) is 0 Å². The fraction of sp³-hybridized carbons (Fsp3) is 0.278. The molecule has 1 saturated heterocycles. The Morgan fingerprint density at radius 3 is 2.50 bits per heavy atom. The fourth-order valence-corrected chi connectivity index (χ4v) is 6.28. The average molecular weight is 327 g/mol. The van der Waals surface area contributed by atoms with Crippen molar-refractivity contribution in [1.82, 2.24) is 5.16 Å². The maximum Gasteiger partial charge on any atom is 0.167 e. The molecule has 22 heavy (non-hydrogen) atoms. The minimum Gasteiger partial charge on any atom is -0.356 e. The highest BCUT2D eigenvalue weighted by Gasteiger charge is 2.40. The van der Waals surface area contributed by atoms with Gasteiger partial charge in [-0.05, 0) is 35.6 Å². The van der Waals surface area contributed by atoms with Gasteiger partial charge in [-0.15, -0.1) is 23.5 Å².